The van der Waals surface area contributed by atoms with Gasteiger partial charge in [0.05, 0.1) is 43.4 Å². The van der Waals surface area contributed by atoms with Gasteiger partial charge in [-0.25, -0.2) is 4.57 Å². The maximum Gasteiger partial charge on any atom is 0.337 e. The Morgan fingerprint density at radius 2 is 0.492 bits per heavy atom. The second kappa shape index (κ2) is 43.3. The highest BCUT2D eigenvalue weighted by Crippen LogP contribution is 2.58. The second-order valence-corrected chi connectivity index (χ2v) is 34.1. The maximum absolute atomic E-state index is 12.9. The van der Waals surface area contributed by atoms with Gasteiger partial charge >= 0.3 is 15.2 Å². The number of halogens is 6. The van der Waals surface area contributed by atoms with E-state index >= 15 is 0 Å². The van der Waals surface area contributed by atoms with Crippen LogP contribution in [0.1, 0.15) is 72.2 Å². The summed E-state index contributed by atoms with van der Waals surface area (Å²) in [5.74, 6) is 0. The number of hydrogen-bond donors (Lipinski definition) is 0. The predicted octanol–water partition coefficient (Wildman–Crippen LogP) is 23.5. The van der Waals surface area contributed by atoms with Gasteiger partial charge in [-0.2, -0.15) is 18.3 Å². The SMILES string of the molecule is Br.CCOP(=O)(CCBr)OCC.CCOP(=O)(CC[n+]1ccc(-c2cc[n+](-c3ccc(C4(c5ccc(-[n+]6ccc(-c7ccncc7)cc6)cc5)c5ccccc5-c5ccccc54)cc3)cc2)cc1)OCC.Cl.Cl.Cl.Cl.c1ccc2c(c1)-c1ccccc1C2(c1ccc(-[n+]2ccc(-c3ccncc3)cc2)cc1)c1ccc(-[n+]2ccc(-c3ccncc3)cc2)cc1. The Morgan fingerprint density at radius 3 is 0.718 bits per heavy atom. The van der Waals surface area contributed by atoms with Gasteiger partial charge in [-0.3, -0.25) is 24.1 Å². The molecule has 0 amide bonds. The van der Waals surface area contributed by atoms with Crippen LogP contribution in [0.5, 0.6) is 0 Å². The zero-order valence-corrected chi connectivity index (χ0v) is 77.3. The Hall–Kier alpha value is -10.6. The minimum absolute atomic E-state index is 0. The van der Waals surface area contributed by atoms with Gasteiger partial charge in [-0.15, -0.1) is 66.6 Å². The first-order valence-electron chi connectivity index (χ1n) is 40.4. The summed E-state index contributed by atoms with van der Waals surface area (Å²) < 4.78 is 56.1. The summed E-state index contributed by atoms with van der Waals surface area (Å²) in [6, 6.07) is 105. The van der Waals surface area contributed by atoms with Crippen LogP contribution in [0.4, 0.5) is 0 Å². The molecule has 2 aliphatic carbocycles. The van der Waals surface area contributed by atoms with Crippen molar-refractivity contribution in [2.24, 2.45) is 0 Å². The summed E-state index contributed by atoms with van der Waals surface area (Å²) in [6.07, 6.45) is 32.7. The van der Waals surface area contributed by atoms with Crippen LogP contribution < -0.4 is 22.8 Å². The average Bonchev–Trinajstić information content (AvgIpc) is 1.61. The number of hydrogen-bond acceptors (Lipinski definition) is 9. The Labute approximate surface area is 770 Å². The standard InChI is InChI=1S/C51H46N4O3P.C45H32N4.C6H14BrO3P.BrH.4ClH/c1-3-57-59(56,58-4-2)38-37-53-31-23-40(24-32-53)42-27-35-55(36-28-42)46-19-15-44(16-20-46)51(49-11-7-5-9-47(49)48-10-6-8-12-50(48)51)43-13-17-45(18-14-43)54-33-25-41(26-34-54)39-21-29-52-30-22-39;1-3-7-43-41(5-1)42-6-2-4-8-44(42)45(43,37-9-13-39(14-10-37)48-29-21-35(22-30-48)33-17-25-46-26-18-33)38-11-15-40(16-12-38)49-31-23-36(24-32-49)34-19-27-47-28-20-34;1-3-9-11(8,6-5-7)10-4-2;;;;;/h5-36H,3-4,37-38H2,1-2H3;1-32H;3-6H2,1-2H3;5*1H/q+3;+2;;;;;;. The Morgan fingerprint density at radius 1 is 0.282 bits per heavy atom. The molecule has 0 atom stereocenters. The summed E-state index contributed by atoms with van der Waals surface area (Å²) in [5.41, 5.74) is 27.8. The molecule has 0 N–H and O–H groups in total. The van der Waals surface area contributed by atoms with E-state index < -0.39 is 26.0 Å². The van der Waals surface area contributed by atoms with Crippen LogP contribution in [0, 0.1) is 0 Å². The Balaban J connectivity index is 0.000000210. The van der Waals surface area contributed by atoms with E-state index in [-0.39, 0.29) is 66.6 Å². The van der Waals surface area contributed by atoms with Crippen LogP contribution in [0.25, 0.3) is 89.5 Å². The molecule has 0 spiro atoms. The average molecular weight is 1890 g/mol. The molecule has 8 heterocycles. The molecule has 14 nitrogen and oxygen atoms in total. The Bertz CT molecular complexity index is 5980. The largest absolute Gasteiger partial charge is 0.337 e. The molecule has 0 fully saturated rings. The van der Waals surface area contributed by atoms with Crippen molar-refractivity contribution in [1.29, 1.82) is 0 Å². The first kappa shape index (κ1) is 94.1. The number of aryl methyl sites for hydroxylation is 1. The summed E-state index contributed by atoms with van der Waals surface area (Å²) in [4.78, 5) is 12.5. The smallest absolute Gasteiger partial charge is 0.309 e. The monoisotopic (exact) mass is 1890 g/mol. The highest BCUT2D eigenvalue weighted by atomic mass is 79.9. The quantitative estimate of drug-likeness (QED) is 0.0312. The van der Waals surface area contributed by atoms with Crippen molar-refractivity contribution < 1.29 is 50.1 Å². The molecule has 2 aliphatic rings. The third kappa shape index (κ3) is 19.9. The highest BCUT2D eigenvalue weighted by molar-refractivity contribution is 9.09. The van der Waals surface area contributed by atoms with Crippen LogP contribution in [0.15, 0.2) is 390 Å². The summed E-state index contributed by atoms with van der Waals surface area (Å²) in [7, 11) is -5.86. The lowest BCUT2D eigenvalue weighted by atomic mass is 9.67. The van der Waals surface area contributed by atoms with E-state index in [1.165, 1.54) is 77.9 Å². The van der Waals surface area contributed by atoms with E-state index in [0.717, 1.165) is 56.1 Å². The molecule has 8 aromatic heterocycles. The lowest BCUT2D eigenvalue weighted by molar-refractivity contribution is -0.692. The zero-order valence-electron chi connectivity index (χ0n) is 68.9. The predicted molar refractivity (Wildman–Crippen MR) is 514 cm³/mol. The van der Waals surface area contributed by atoms with E-state index in [1.54, 1.807) is 13.8 Å². The number of rotatable bonds is 25. The van der Waals surface area contributed by atoms with Gasteiger partial charge in [-0.05, 0) is 175 Å². The van der Waals surface area contributed by atoms with Crippen LogP contribution in [0.3, 0.4) is 0 Å². The number of alkyl halides is 1. The number of benzene rings is 8. The van der Waals surface area contributed by atoms with Gasteiger partial charge in [0.25, 0.3) is 0 Å². The molecule has 8 aromatic carbocycles. The van der Waals surface area contributed by atoms with Gasteiger partial charge in [0.15, 0.2) is 68.5 Å². The molecule has 0 bridgehead atoms. The fraction of sp³-hybridized carbons (Fsp3) is 0.137. The number of fused-ring (bicyclic) bond motifs is 6. The van der Waals surface area contributed by atoms with Crippen molar-refractivity contribution in [3.8, 4) is 89.5 Å². The summed E-state index contributed by atoms with van der Waals surface area (Å²) >= 11 is 3.19. The molecule has 628 valence electrons. The van der Waals surface area contributed by atoms with E-state index in [1.807, 2.05) is 104 Å². The first-order valence-corrected chi connectivity index (χ1v) is 44.9. The summed E-state index contributed by atoms with van der Waals surface area (Å²) in [6.45, 7) is 9.43. The topological polar surface area (TPSA) is 129 Å². The summed E-state index contributed by atoms with van der Waals surface area (Å²) in [5, 5.41) is 0.643. The van der Waals surface area contributed by atoms with Crippen LogP contribution in [-0.4, -0.2) is 59.0 Å². The minimum Gasteiger partial charge on any atom is -0.309 e. The van der Waals surface area contributed by atoms with E-state index in [9.17, 15) is 9.13 Å². The molecule has 16 aromatic rings. The molecule has 22 heteroatoms. The maximum atomic E-state index is 12.9. The molecule has 18 rings (SSSR count). The third-order valence-corrected chi connectivity index (χ3v) is 27.3. The lowest BCUT2D eigenvalue weighted by Crippen LogP contribution is -2.34. The van der Waals surface area contributed by atoms with Crippen molar-refractivity contribution in [2.75, 3.05) is 44.1 Å². The number of aromatic nitrogens is 8. The van der Waals surface area contributed by atoms with Gasteiger partial charge in [0, 0.05) is 152 Å². The van der Waals surface area contributed by atoms with Crippen LogP contribution in [0.2, 0.25) is 0 Å². The molecule has 124 heavy (non-hydrogen) atoms. The number of nitrogens with zero attached hydrogens (tertiary/aromatic N) is 8. The molecular formula is C102H97Br2Cl4N8O6P2+5. The van der Waals surface area contributed by atoms with Crippen molar-refractivity contribution in [3.05, 3.63) is 435 Å². The molecule has 0 aliphatic heterocycles. The minimum atomic E-state index is -3.10. The Kier molecular flexibility index (Phi) is 32.9. The van der Waals surface area contributed by atoms with Crippen molar-refractivity contribution in [2.45, 2.75) is 45.1 Å². The molecule has 0 radical (unpaired) electrons. The van der Waals surface area contributed by atoms with Gasteiger partial charge in [0.1, 0.15) is 6.16 Å². The van der Waals surface area contributed by atoms with Crippen molar-refractivity contribution in [1.82, 2.24) is 15.0 Å². The van der Waals surface area contributed by atoms with Crippen LogP contribution in [-0.2, 0) is 44.6 Å². The highest BCUT2D eigenvalue weighted by Gasteiger charge is 2.48. The normalized spacial score (nSPS) is 12.2. The van der Waals surface area contributed by atoms with Gasteiger partial charge in [-0.1, -0.05) is 162 Å². The third-order valence-electron chi connectivity index (χ3n) is 22.2. The molecule has 0 saturated carbocycles. The zero-order chi connectivity index (χ0) is 81.6. The van der Waals surface area contributed by atoms with Crippen molar-refractivity contribution in [3.63, 3.8) is 0 Å². The van der Waals surface area contributed by atoms with Crippen molar-refractivity contribution >= 4 is 97.7 Å². The van der Waals surface area contributed by atoms with E-state index in [4.69, 9.17) is 18.1 Å². The molecule has 0 saturated heterocycles. The van der Waals surface area contributed by atoms with Gasteiger partial charge < -0.3 is 18.1 Å². The van der Waals surface area contributed by atoms with Gasteiger partial charge in [0.2, 0.25) is 22.7 Å². The molecular weight excluding hydrogens is 1800 g/mol. The van der Waals surface area contributed by atoms with E-state index in [0.29, 0.717) is 50.6 Å². The fourth-order valence-electron chi connectivity index (χ4n) is 16.6. The van der Waals surface area contributed by atoms with Crippen LogP contribution >= 0.6 is 97.7 Å². The number of pyridine rings is 8. The lowest BCUT2D eigenvalue weighted by Gasteiger charge is -2.33. The fourth-order valence-corrected chi connectivity index (χ4v) is 20.9. The second-order valence-electron chi connectivity index (χ2n) is 28.9. The first-order chi connectivity index (χ1) is 58.5. The van der Waals surface area contributed by atoms with E-state index in [2.05, 4.69) is 354 Å². The molecule has 0 unspecified atom stereocenters.